The Labute approximate surface area is 128 Å². The smallest absolute Gasteiger partial charge is 0.272 e. The number of hydrogen-bond acceptors (Lipinski definition) is 5. The summed E-state index contributed by atoms with van der Waals surface area (Å²) >= 11 is 5.03. The van der Waals surface area contributed by atoms with Gasteiger partial charge >= 0.3 is 0 Å². The van der Waals surface area contributed by atoms with Crippen LogP contribution in [0.1, 0.15) is 18.1 Å². The first-order valence-corrected chi connectivity index (χ1v) is 6.69. The van der Waals surface area contributed by atoms with E-state index >= 15 is 0 Å². The number of hydrogen-bond donors (Lipinski definition) is 2. The van der Waals surface area contributed by atoms with Crippen LogP contribution in [0.15, 0.2) is 23.3 Å². The highest BCUT2D eigenvalue weighted by Crippen LogP contribution is 2.19. The van der Waals surface area contributed by atoms with Crippen molar-refractivity contribution in [2.75, 3.05) is 20.3 Å². The number of ether oxygens (including phenoxy) is 1. The molecule has 0 aliphatic carbocycles. The maximum absolute atomic E-state index is 10.9. The molecule has 0 saturated carbocycles. The highest BCUT2D eigenvalue weighted by molar-refractivity contribution is 7.80. The largest absolute Gasteiger partial charge is 0.383 e. The molecule has 0 aliphatic heterocycles. The van der Waals surface area contributed by atoms with Gasteiger partial charge in [-0.1, -0.05) is 12.1 Å². The molecule has 114 valence electrons. The van der Waals surface area contributed by atoms with E-state index < -0.39 is 4.92 Å². The van der Waals surface area contributed by atoms with Crippen LogP contribution in [0.3, 0.4) is 0 Å². The quantitative estimate of drug-likeness (QED) is 0.273. The summed E-state index contributed by atoms with van der Waals surface area (Å²) in [5, 5.41) is 18.3. The predicted molar refractivity (Wildman–Crippen MR) is 85.7 cm³/mol. The van der Waals surface area contributed by atoms with Crippen LogP contribution < -0.4 is 10.7 Å². The van der Waals surface area contributed by atoms with Gasteiger partial charge in [0.1, 0.15) is 0 Å². The fourth-order valence-electron chi connectivity index (χ4n) is 1.54. The van der Waals surface area contributed by atoms with Gasteiger partial charge in [0.05, 0.1) is 17.2 Å². The van der Waals surface area contributed by atoms with E-state index in [-0.39, 0.29) is 5.69 Å². The molecule has 7 nitrogen and oxygen atoms in total. The zero-order valence-corrected chi connectivity index (χ0v) is 13.0. The van der Waals surface area contributed by atoms with Crippen molar-refractivity contribution in [3.05, 3.63) is 39.4 Å². The Morgan fingerprint density at radius 1 is 1.52 bits per heavy atom. The number of nitrogens with one attached hydrogen (secondary N) is 2. The molecule has 1 aromatic carbocycles. The number of hydrazone groups is 1. The van der Waals surface area contributed by atoms with Crippen molar-refractivity contribution < 1.29 is 9.66 Å². The Bertz CT molecular complexity index is 560. The summed E-state index contributed by atoms with van der Waals surface area (Å²) in [6.07, 6.45) is 0. The Morgan fingerprint density at radius 2 is 2.24 bits per heavy atom. The second-order valence-corrected chi connectivity index (χ2v) is 4.72. The monoisotopic (exact) mass is 310 g/mol. The number of benzene rings is 1. The molecule has 0 atom stereocenters. The van der Waals surface area contributed by atoms with Crippen molar-refractivity contribution >= 4 is 28.7 Å². The first-order chi connectivity index (χ1) is 9.95. The van der Waals surface area contributed by atoms with E-state index in [0.717, 1.165) is 0 Å². The molecule has 0 unspecified atom stereocenters. The minimum Gasteiger partial charge on any atom is -0.383 e. The summed E-state index contributed by atoms with van der Waals surface area (Å²) in [4.78, 5) is 10.5. The Kier molecular flexibility index (Phi) is 6.70. The lowest BCUT2D eigenvalue weighted by Gasteiger charge is -2.07. The summed E-state index contributed by atoms with van der Waals surface area (Å²) in [6.45, 7) is 4.56. The predicted octanol–water partition coefficient (Wildman–Crippen LogP) is 1.74. The maximum atomic E-state index is 10.9. The summed E-state index contributed by atoms with van der Waals surface area (Å²) < 4.78 is 4.88. The lowest BCUT2D eigenvalue weighted by atomic mass is 10.1. The van der Waals surface area contributed by atoms with Crippen LogP contribution in [0.2, 0.25) is 0 Å². The minimum atomic E-state index is -0.406. The van der Waals surface area contributed by atoms with Gasteiger partial charge in [-0.25, -0.2) is 0 Å². The number of nitro groups is 1. The molecule has 8 heteroatoms. The third-order valence-corrected chi connectivity index (χ3v) is 2.98. The molecule has 0 aliphatic rings. The van der Waals surface area contributed by atoms with Crippen LogP contribution >= 0.6 is 12.2 Å². The van der Waals surface area contributed by atoms with Crippen LogP contribution in [-0.4, -0.2) is 36.0 Å². The zero-order valence-electron chi connectivity index (χ0n) is 12.2. The molecule has 0 amide bonds. The molecule has 1 aromatic rings. The molecule has 0 radical (unpaired) electrons. The number of methoxy groups -OCH3 is 1. The SMILES string of the molecule is COCCNC(=S)NN=C(C)c1ccc(C)c([N+](=O)[O-])c1. The van der Waals surface area contributed by atoms with Crippen LogP contribution in [0.25, 0.3) is 0 Å². The first kappa shape index (κ1) is 17.0. The topological polar surface area (TPSA) is 88.8 Å². The van der Waals surface area contributed by atoms with Gasteiger partial charge in [0.15, 0.2) is 5.11 Å². The standard InChI is InChI=1S/C13H18N4O3S/c1-9-4-5-11(8-12(9)17(18)19)10(2)15-16-13(21)14-6-7-20-3/h4-5,8H,6-7H2,1-3H3,(H2,14,16,21). The third-order valence-electron chi connectivity index (χ3n) is 2.74. The van der Waals surface area contributed by atoms with Crippen molar-refractivity contribution in [2.24, 2.45) is 5.10 Å². The molecule has 0 fully saturated rings. The summed E-state index contributed by atoms with van der Waals surface area (Å²) in [5.41, 5.74) is 4.64. The van der Waals surface area contributed by atoms with Crippen LogP contribution in [0.5, 0.6) is 0 Å². The van der Waals surface area contributed by atoms with E-state index in [0.29, 0.717) is 35.1 Å². The van der Waals surface area contributed by atoms with Gasteiger partial charge in [0, 0.05) is 30.8 Å². The maximum Gasteiger partial charge on any atom is 0.272 e. The van der Waals surface area contributed by atoms with E-state index in [1.165, 1.54) is 6.07 Å². The average Bonchev–Trinajstić information content (AvgIpc) is 2.45. The molecular formula is C13H18N4O3S. The van der Waals surface area contributed by atoms with Crippen molar-refractivity contribution in [1.82, 2.24) is 10.7 Å². The van der Waals surface area contributed by atoms with E-state index in [1.54, 1.807) is 33.1 Å². The summed E-state index contributed by atoms with van der Waals surface area (Å²) in [5.74, 6) is 0. The lowest BCUT2D eigenvalue weighted by Crippen LogP contribution is -2.34. The molecule has 0 aromatic heterocycles. The molecule has 0 saturated heterocycles. The highest BCUT2D eigenvalue weighted by atomic mass is 32.1. The number of rotatable bonds is 6. The lowest BCUT2D eigenvalue weighted by molar-refractivity contribution is -0.385. The second kappa shape index (κ2) is 8.28. The molecule has 1 rings (SSSR count). The van der Waals surface area contributed by atoms with Crippen molar-refractivity contribution in [3.63, 3.8) is 0 Å². The van der Waals surface area contributed by atoms with Gasteiger partial charge in [-0.3, -0.25) is 15.5 Å². The van der Waals surface area contributed by atoms with Crippen LogP contribution in [-0.2, 0) is 4.74 Å². The molecule has 0 bridgehead atoms. The Morgan fingerprint density at radius 3 is 2.86 bits per heavy atom. The summed E-state index contributed by atoms with van der Waals surface area (Å²) in [6, 6.07) is 4.98. The van der Waals surface area contributed by atoms with Crippen LogP contribution in [0, 0.1) is 17.0 Å². The Balaban J connectivity index is 2.72. The van der Waals surface area contributed by atoms with Crippen molar-refractivity contribution in [1.29, 1.82) is 0 Å². The van der Waals surface area contributed by atoms with Gasteiger partial charge in [-0.2, -0.15) is 5.10 Å². The number of nitro benzene ring substituents is 1. The second-order valence-electron chi connectivity index (χ2n) is 4.32. The average molecular weight is 310 g/mol. The van der Waals surface area contributed by atoms with Gasteiger partial charge in [0.2, 0.25) is 0 Å². The third kappa shape index (κ3) is 5.44. The van der Waals surface area contributed by atoms with Gasteiger partial charge < -0.3 is 10.1 Å². The summed E-state index contributed by atoms with van der Waals surface area (Å²) in [7, 11) is 1.60. The first-order valence-electron chi connectivity index (χ1n) is 6.28. The molecule has 0 heterocycles. The number of nitrogens with zero attached hydrogens (tertiary/aromatic N) is 2. The van der Waals surface area contributed by atoms with Gasteiger partial charge in [0.25, 0.3) is 5.69 Å². The Hall–Kier alpha value is -2.06. The molecule has 0 spiro atoms. The van der Waals surface area contributed by atoms with E-state index in [1.807, 2.05) is 0 Å². The molecular weight excluding hydrogens is 292 g/mol. The fraction of sp³-hybridized carbons (Fsp3) is 0.385. The normalized spacial score (nSPS) is 11.1. The highest BCUT2D eigenvalue weighted by Gasteiger charge is 2.12. The van der Waals surface area contributed by atoms with E-state index in [4.69, 9.17) is 17.0 Å². The minimum absolute atomic E-state index is 0.0721. The molecule has 2 N–H and O–H groups in total. The fourth-order valence-corrected chi connectivity index (χ4v) is 1.68. The number of thiocarbonyl (C=S) groups is 1. The van der Waals surface area contributed by atoms with E-state index in [2.05, 4.69) is 15.8 Å². The van der Waals surface area contributed by atoms with Gasteiger partial charge in [-0.15, -0.1) is 0 Å². The zero-order chi connectivity index (χ0) is 15.8. The van der Waals surface area contributed by atoms with Crippen molar-refractivity contribution in [3.8, 4) is 0 Å². The van der Waals surface area contributed by atoms with E-state index in [9.17, 15) is 10.1 Å². The number of aryl methyl sites for hydroxylation is 1. The van der Waals surface area contributed by atoms with Gasteiger partial charge in [-0.05, 0) is 26.1 Å². The van der Waals surface area contributed by atoms with Crippen molar-refractivity contribution in [2.45, 2.75) is 13.8 Å². The van der Waals surface area contributed by atoms with Crippen LogP contribution in [0.4, 0.5) is 5.69 Å². The molecule has 21 heavy (non-hydrogen) atoms.